The fourth-order valence-corrected chi connectivity index (χ4v) is 0.303. The van der Waals surface area contributed by atoms with E-state index in [0.29, 0.717) is 0 Å². The topological polar surface area (TPSA) is 69.7 Å². The van der Waals surface area contributed by atoms with Crippen LogP contribution in [0, 0.1) is 0 Å². The lowest BCUT2D eigenvalue weighted by molar-refractivity contribution is -0.144. The van der Waals surface area contributed by atoms with E-state index in [4.69, 9.17) is 0 Å². The summed E-state index contributed by atoms with van der Waals surface area (Å²) in [5.41, 5.74) is 0. The summed E-state index contributed by atoms with van der Waals surface area (Å²) in [6.45, 7) is 2.56. The predicted octanol–water partition coefficient (Wildman–Crippen LogP) is 0.623. The Morgan fingerprint density at radius 2 is 1.73 bits per heavy atom. The minimum Gasteiger partial charge on any atom is -0.361 e. The van der Waals surface area contributed by atoms with Crippen molar-refractivity contribution < 1.29 is 23.9 Å². The molecule has 5 nitrogen and oxygen atoms in total. The van der Waals surface area contributed by atoms with Crippen LogP contribution in [0.3, 0.4) is 0 Å². The highest BCUT2D eigenvalue weighted by molar-refractivity contribution is 5.87. The molecule has 0 atom stereocenters. The number of carbonyl (C=O) groups is 3. The molecular formula is C6H8O5. The lowest BCUT2D eigenvalue weighted by atomic mass is 10.5. The fourth-order valence-electron chi connectivity index (χ4n) is 0.303. The second-order valence-corrected chi connectivity index (χ2v) is 1.67. The molecule has 0 radical (unpaired) electrons. The number of esters is 2. The number of ether oxygens (including phenoxy) is 2. The first kappa shape index (κ1) is 9.61. The Balaban J connectivity index is 3.70. The average molecular weight is 160 g/mol. The number of hydrogen-bond acceptors (Lipinski definition) is 5. The summed E-state index contributed by atoms with van der Waals surface area (Å²) < 4.78 is 7.89. The maximum absolute atomic E-state index is 10.4. The zero-order valence-corrected chi connectivity index (χ0v) is 6.25. The molecule has 0 aromatic carbocycles. The maximum atomic E-state index is 10.4. The summed E-state index contributed by atoms with van der Waals surface area (Å²) >= 11 is 0. The molecule has 0 heterocycles. The van der Waals surface area contributed by atoms with E-state index in [1.807, 2.05) is 0 Å². The van der Waals surface area contributed by atoms with Crippen LogP contribution in [0.2, 0.25) is 0 Å². The molecule has 11 heavy (non-hydrogen) atoms. The molecule has 0 saturated heterocycles. The highest BCUT2D eigenvalue weighted by atomic mass is 16.8. The molecule has 0 amide bonds. The molecule has 0 aromatic rings. The standard InChI is InChI=1S/C6H8O5/c1-3-5(8)11-6(9)10-4(2)7/h3H2,1-2H3. The molecule has 0 aromatic heterocycles. The second kappa shape index (κ2) is 4.43. The van der Waals surface area contributed by atoms with Crippen molar-refractivity contribution in [2.24, 2.45) is 0 Å². The summed E-state index contributed by atoms with van der Waals surface area (Å²) in [7, 11) is 0. The third-order valence-electron chi connectivity index (χ3n) is 0.713. The molecular weight excluding hydrogens is 152 g/mol. The Bertz CT molecular complexity index is 183. The molecule has 0 N–H and O–H groups in total. The van der Waals surface area contributed by atoms with Gasteiger partial charge in [0.25, 0.3) is 0 Å². The SMILES string of the molecule is CCC(=O)OC(=O)OC(C)=O. The van der Waals surface area contributed by atoms with Crippen molar-refractivity contribution in [1.82, 2.24) is 0 Å². The highest BCUT2D eigenvalue weighted by Crippen LogP contribution is 1.89. The van der Waals surface area contributed by atoms with Gasteiger partial charge in [-0.25, -0.2) is 4.79 Å². The van der Waals surface area contributed by atoms with Gasteiger partial charge in [-0.3, -0.25) is 9.59 Å². The normalized spacial score (nSPS) is 8.55. The number of hydrogen-bond donors (Lipinski definition) is 0. The van der Waals surface area contributed by atoms with Gasteiger partial charge in [0.1, 0.15) is 0 Å². The van der Waals surface area contributed by atoms with E-state index in [0.717, 1.165) is 6.92 Å². The summed E-state index contributed by atoms with van der Waals surface area (Å²) in [5.74, 6) is -1.53. The van der Waals surface area contributed by atoms with Crippen LogP contribution in [0.25, 0.3) is 0 Å². The summed E-state index contributed by atoms with van der Waals surface area (Å²) in [4.78, 5) is 30.8. The lowest BCUT2D eigenvalue weighted by Gasteiger charge is -1.97. The van der Waals surface area contributed by atoms with Crippen molar-refractivity contribution in [3.05, 3.63) is 0 Å². The smallest absolute Gasteiger partial charge is 0.361 e. The minimum atomic E-state index is -1.27. The van der Waals surface area contributed by atoms with Crippen LogP contribution >= 0.6 is 0 Å². The first-order valence-corrected chi connectivity index (χ1v) is 2.99. The molecule has 0 rings (SSSR count). The van der Waals surface area contributed by atoms with E-state index in [1.54, 1.807) is 0 Å². The summed E-state index contributed by atoms with van der Waals surface area (Å²) in [5, 5.41) is 0. The molecule has 0 aliphatic rings. The Morgan fingerprint density at radius 3 is 2.09 bits per heavy atom. The Morgan fingerprint density at radius 1 is 1.18 bits per heavy atom. The molecule has 5 heteroatoms. The summed E-state index contributed by atoms with van der Waals surface area (Å²) in [6, 6.07) is 0. The van der Waals surface area contributed by atoms with Gasteiger partial charge < -0.3 is 9.47 Å². The van der Waals surface area contributed by atoms with E-state index >= 15 is 0 Å². The third-order valence-corrected chi connectivity index (χ3v) is 0.713. The predicted molar refractivity (Wildman–Crippen MR) is 33.5 cm³/mol. The second-order valence-electron chi connectivity index (χ2n) is 1.67. The molecule has 62 valence electrons. The van der Waals surface area contributed by atoms with Gasteiger partial charge in [0.15, 0.2) is 0 Å². The van der Waals surface area contributed by atoms with Crippen molar-refractivity contribution in [2.45, 2.75) is 20.3 Å². The van der Waals surface area contributed by atoms with Crippen LogP contribution in [0.4, 0.5) is 4.79 Å². The first-order valence-electron chi connectivity index (χ1n) is 2.99. The Hall–Kier alpha value is -1.39. The van der Waals surface area contributed by atoms with E-state index in [2.05, 4.69) is 9.47 Å². The molecule has 0 aliphatic carbocycles. The molecule has 0 fully saturated rings. The van der Waals surface area contributed by atoms with Crippen molar-refractivity contribution in [2.75, 3.05) is 0 Å². The van der Waals surface area contributed by atoms with Crippen LogP contribution in [0.15, 0.2) is 0 Å². The maximum Gasteiger partial charge on any atom is 0.524 e. The highest BCUT2D eigenvalue weighted by Gasteiger charge is 2.11. The van der Waals surface area contributed by atoms with E-state index in [1.165, 1.54) is 6.92 Å². The van der Waals surface area contributed by atoms with Gasteiger partial charge in [0.05, 0.1) is 0 Å². The van der Waals surface area contributed by atoms with E-state index < -0.39 is 18.1 Å². The molecule has 0 unspecified atom stereocenters. The van der Waals surface area contributed by atoms with Crippen molar-refractivity contribution in [1.29, 1.82) is 0 Å². The van der Waals surface area contributed by atoms with Crippen molar-refractivity contribution >= 4 is 18.1 Å². The molecule has 0 bridgehead atoms. The van der Waals surface area contributed by atoms with Gasteiger partial charge in [0.2, 0.25) is 0 Å². The van der Waals surface area contributed by atoms with Crippen molar-refractivity contribution in [3.8, 4) is 0 Å². The van der Waals surface area contributed by atoms with Crippen LogP contribution in [0.5, 0.6) is 0 Å². The average Bonchev–Trinajstić information content (AvgIpc) is 1.85. The number of rotatable bonds is 1. The minimum absolute atomic E-state index is 0.0625. The first-order chi connectivity index (χ1) is 5.06. The van der Waals surface area contributed by atoms with Crippen LogP contribution < -0.4 is 0 Å². The van der Waals surface area contributed by atoms with Gasteiger partial charge in [-0.15, -0.1) is 0 Å². The van der Waals surface area contributed by atoms with Crippen LogP contribution in [-0.2, 0) is 19.1 Å². The quantitative estimate of drug-likeness (QED) is 0.415. The zero-order chi connectivity index (χ0) is 8.85. The fraction of sp³-hybridized carbons (Fsp3) is 0.500. The van der Waals surface area contributed by atoms with E-state index in [-0.39, 0.29) is 6.42 Å². The number of carbonyl (C=O) groups excluding carboxylic acids is 3. The van der Waals surface area contributed by atoms with Crippen molar-refractivity contribution in [3.63, 3.8) is 0 Å². The monoisotopic (exact) mass is 160 g/mol. The Labute approximate surface area is 63.3 Å². The van der Waals surface area contributed by atoms with E-state index in [9.17, 15) is 14.4 Å². The largest absolute Gasteiger partial charge is 0.524 e. The molecule has 0 spiro atoms. The van der Waals surface area contributed by atoms with Gasteiger partial charge in [-0.1, -0.05) is 6.92 Å². The van der Waals surface area contributed by atoms with Crippen LogP contribution in [0.1, 0.15) is 20.3 Å². The van der Waals surface area contributed by atoms with Gasteiger partial charge >= 0.3 is 18.1 Å². The lowest BCUT2D eigenvalue weighted by Crippen LogP contribution is -2.15. The van der Waals surface area contributed by atoms with Gasteiger partial charge in [-0.05, 0) is 0 Å². The molecule has 0 aliphatic heterocycles. The Kier molecular flexibility index (Phi) is 3.87. The van der Waals surface area contributed by atoms with Gasteiger partial charge in [-0.2, -0.15) is 0 Å². The molecule has 0 saturated carbocycles. The summed E-state index contributed by atoms with van der Waals surface area (Å²) in [6.07, 6.45) is -1.21. The van der Waals surface area contributed by atoms with Crippen LogP contribution in [-0.4, -0.2) is 18.1 Å². The zero-order valence-electron chi connectivity index (χ0n) is 6.25. The third kappa shape index (κ3) is 5.07. The van der Waals surface area contributed by atoms with Gasteiger partial charge in [0, 0.05) is 13.3 Å².